The topological polar surface area (TPSA) is 0 Å². The van der Waals surface area contributed by atoms with E-state index in [4.69, 9.17) is 11.6 Å². The molecule has 0 bridgehead atoms. The molecule has 1 rings (SSSR count). The third-order valence-corrected chi connectivity index (χ3v) is 3.20. The Labute approximate surface area is 89.0 Å². The lowest BCUT2D eigenvalue weighted by Gasteiger charge is -2.09. The highest BCUT2D eigenvalue weighted by atomic mass is 79.9. The van der Waals surface area contributed by atoms with Crippen LogP contribution in [0.5, 0.6) is 0 Å². The maximum absolute atomic E-state index is 12.8. The van der Waals surface area contributed by atoms with E-state index in [9.17, 15) is 8.78 Å². The normalized spacial score (nSPS) is 13.0. The molecule has 1 aromatic carbocycles. The van der Waals surface area contributed by atoms with Crippen molar-refractivity contribution in [2.45, 2.75) is 18.2 Å². The van der Waals surface area contributed by atoms with Crippen LogP contribution in [0.2, 0.25) is 5.02 Å². The van der Waals surface area contributed by atoms with Gasteiger partial charge in [-0.25, -0.2) is 8.78 Å². The highest BCUT2D eigenvalue weighted by molar-refractivity contribution is 9.09. The van der Waals surface area contributed by atoms with Crippen molar-refractivity contribution in [1.29, 1.82) is 0 Å². The Morgan fingerprint density at radius 2 is 1.92 bits per heavy atom. The smallest absolute Gasteiger partial charge is 0.160 e. The van der Waals surface area contributed by atoms with Gasteiger partial charge in [0, 0.05) is 9.85 Å². The zero-order valence-electron chi connectivity index (χ0n) is 6.95. The molecule has 1 aromatic rings. The summed E-state index contributed by atoms with van der Waals surface area (Å²) < 4.78 is 25.5. The molecule has 1 unspecified atom stereocenters. The second-order valence-electron chi connectivity index (χ2n) is 2.66. The van der Waals surface area contributed by atoms with Crippen LogP contribution in [0.4, 0.5) is 8.78 Å². The van der Waals surface area contributed by atoms with Gasteiger partial charge in [0.25, 0.3) is 0 Å². The molecule has 0 aliphatic carbocycles. The quantitative estimate of drug-likeness (QED) is 0.549. The van der Waals surface area contributed by atoms with Gasteiger partial charge in [0.2, 0.25) is 0 Å². The Balaban J connectivity index is 3.15. The highest BCUT2D eigenvalue weighted by Gasteiger charge is 2.13. The molecule has 0 saturated heterocycles. The minimum absolute atomic E-state index is 0.0323. The first-order valence-electron chi connectivity index (χ1n) is 3.84. The summed E-state index contributed by atoms with van der Waals surface area (Å²) in [5.74, 6) is -1.78. The van der Waals surface area contributed by atoms with Gasteiger partial charge in [0.1, 0.15) is 0 Å². The van der Waals surface area contributed by atoms with Gasteiger partial charge in [-0.15, -0.1) is 0 Å². The zero-order valence-corrected chi connectivity index (χ0v) is 9.29. The number of alkyl halides is 1. The van der Waals surface area contributed by atoms with E-state index >= 15 is 0 Å². The van der Waals surface area contributed by atoms with E-state index in [0.29, 0.717) is 5.56 Å². The standard InChI is InChI=1S/C9H8BrClF2/c1-2-6(10)5-3-8(12)9(13)4-7(5)11/h3-4,6H,2H2,1H3. The number of rotatable bonds is 2. The van der Waals surface area contributed by atoms with Crippen molar-refractivity contribution < 1.29 is 8.78 Å². The van der Waals surface area contributed by atoms with Gasteiger partial charge in [0.15, 0.2) is 11.6 Å². The Morgan fingerprint density at radius 1 is 1.38 bits per heavy atom. The summed E-state index contributed by atoms with van der Waals surface area (Å²) in [5, 5.41) is 0.252. The van der Waals surface area contributed by atoms with Gasteiger partial charge in [-0.05, 0) is 24.1 Å². The molecule has 0 radical (unpaired) electrons. The predicted octanol–water partition coefficient (Wildman–Crippen LogP) is 4.46. The van der Waals surface area contributed by atoms with E-state index in [2.05, 4.69) is 15.9 Å². The molecular formula is C9H8BrClF2. The van der Waals surface area contributed by atoms with Crippen molar-refractivity contribution in [2.75, 3.05) is 0 Å². The SMILES string of the molecule is CCC(Br)c1cc(F)c(F)cc1Cl. The average Bonchev–Trinajstić information content (AvgIpc) is 2.10. The lowest BCUT2D eigenvalue weighted by Crippen LogP contribution is -1.93. The maximum Gasteiger partial charge on any atom is 0.160 e. The lowest BCUT2D eigenvalue weighted by molar-refractivity contribution is 0.507. The number of hydrogen-bond donors (Lipinski definition) is 0. The summed E-state index contributed by atoms with van der Waals surface area (Å²) in [4.78, 5) is -0.0323. The zero-order chi connectivity index (χ0) is 10.0. The second kappa shape index (κ2) is 4.38. The summed E-state index contributed by atoms with van der Waals surface area (Å²) in [7, 11) is 0. The van der Waals surface area contributed by atoms with Crippen molar-refractivity contribution >= 4 is 27.5 Å². The van der Waals surface area contributed by atoms with E-state index in [0.717, 1.165) is 18.6 Å². The van der Waals surface area contributed by atoms with Gasteiger partial charge in [0.05, 0.1) is 0 Å². The van der Waals surface area contributed by atoms with Crippen molar-refractivity contribution in [3.05, 3.63) is 34.4 Å². The van der Waals surface area contributed by atoms with Gasteiger partial charge in [-0.3, -0.25) is 0 Å². The fourth-order valence-electron chi connectivity index (χ4n) is 0.998. The lowest BCUT2D eigenvalue weighted by atomic mass is 10.1. The third kappa shape index (κ3) is 2.41. The summed E-state index contributed by atoms with van der Waals surface area (Å²) >= 11 is 9.06. The van der Waals surface area contributed by atoms with E-state index in [-0.39, 0.29) is 9.85 Å². The van der Waals surface area contributed by atoms with Gasteiger partial charge in [-0.2, -0.15) is 0 Å². The Hall–Kier alpha value is -0.150. The van der Waals surface area contributed by atoms with Crippen LogP contribution in [0.25, 0.3) is 0 Å². The summed E-state index contributed by atoms with van der Waals surface area (Å²) in [6.45, 7) is 1.93. The summed E-state index contributed by atoms with van der Waals surface area (Å²) in [6, 6.07) is 2.12. The molecule has 0 saturated carbocycles. The van der Waals surface area contributed by atoms with Crippen LogP contribution in [0.15, 0.2) is 12.1 Å². The monoisotopic (exact) mass is 268 g/mol. The van der Waals surface area contributed by atoms with Crippen LogP contribution in [0, 0.1) is 11.6 Å². The first-order valence-corrected chi connectivity index (χ1v) is 5.14. The molecule has 0 nitrogen and oxygen atoms in total. The highest BCUT2D eigenvalue weighted by Crippen LogP contribution is 2.33. The molecule has 0 heterocycles. The predicted molar refractivity (Wildman–Crippen MR) is 53.3 cm³/mol. The van der Waals surface area contributed by atoms with Crippen molar-refractivity contribution in [3.63, 3.8) is 0 Å². The largest absolute Gasteiger partial charge is 0.204 e. The van der Waals surface area contributed by atoms with Crippen LogP contribution in [-0.4, -0.2) is 0 Å². The Morgan fingerprint density at radius 3 is 2.46 bits per heavy atom. The molecule has 0 aliphatic rings. The second-order valence-corrected chi connectivity index (χ2v) is 4.18. The molecule has 0 aromatic heterocycles. The number of benzene rings is 1. The minimum atomic E-state index is -0.912. The molecule has 0 amide bonds. The fourth-order valence-corrected chi connectivity index (χ4v) is 1.79. The maximum atomic E-state index is 12.8. The molecule has 0 spiro atoms. The Bertz CT molecular complexity index is 315. The number of hydrogen-bond acceptors (Lipinski definition) is 0. The molecule has 0 aliphatic heterocycles. The molecular weight excluding hydrogens is 261 g/mol. The van der Waals surface area contributed by atoms with Gasteiger partial charge >= 0.3 is 0 Å². The van der Waals surface area contributed by atoms with Crippen molar-refractivity contribution in [2.24, 2.45) is 0 Å². The molecule has 13 heavy (non-hydrogen) atoms. The van der Waals surface area contributed by atoms with Crippen LogP contribution in [0.1, 0.15) is 23.7 Å². The van der Waals surface area contributed by atoms with Crippen molar-refractivity contribution in [3.8, 4) is 0 Å². The molecule has 0 N–H and O–H groups in total. The van der Waals surface area contributed by atoms with E-state index in [1.54, 1.807) is 0 Å². The first-order chi connectivity index (χ1) is 6.06. The van der Waals surface area contributed by atoms with Gasteiger partial charge in [-0.1, -0.05) is 34.5 Å². The molecule has 1 atom stereocenters. The minimum Gasteiger partial charge on any atom is -0.204 e. The van der Waals surface area contributed by atoms with E-state index in [1.165, 1.54) is 0 Å². The molecule has 4 heteroatoms. The van der Waals surface area contributed by atoms with Gasteiger partial charge < -0.3 is 0 Å². The average molecular weight is 270 g/mol. The third-order valence-electron chi connectivity index (χ3n) is 1.74. The molecule has 0 fully saturated rings. The van der Waals surface area contributed by atoms with Crippen molar-refractivity contribution in [1.82, 2.24) is 0 Å². The van der Waals surface area contributed by atoms with Crippen LogP contribution in [0.3, 0.4) is 0 Å². The first kappa shape index (κ1) is 10.9. The fraction of sp³-hybridized carbons (Fsp3) is 0.333. The van der Waals surface area contributed by atoms with Crippen LogP contribution in [-0.2, 0) is 0 Å². The molecule has 72 valence electrons. The van der Waals surface area contributed by atoms with E-state index in [1.807, 2.05) is 6.92 Å². The summed E-state index contributed by atoms with van der Waals surface area (Å²) in [6.07, 6.45) is 0.769. The number of halogens is 4. The van der Waals surface area contributed by atoms with Crippen LogP contribution < -0.4 is 0 Å². The van der Waals surface area contributed by atoms with E-state index < -0.39 is 11.6 Å². The van der Waals surface area contributed by atoms with Crippen LogP contribution >= 0.6 is 27.5 Å². The summed E-state index contributed by atoms with van der Waals surface area (Å²) in [5.41, 5.74) is 0.586. The Kier molecular flexibility index (Phi) is 3.68.